The quantitative estimate of drug-likeness (QED) is 0.359. The van der Waals surface area contributed by atoms with Crippen molar-refractivity contribution in [3.05, 3.63) is 0 Å². The van der Waals surface area contributed by atoms with Gasteiger partial charge in [-0.3, -0.25) is 0 Å². The number of aliphatic hydroxyl groups is 2. The molecular weight excluding hydrogens is 335 g/mol. The van der Waals surface area contributed by atoms with E-state index in [1.165, 1.54) is 0 Å². The second-order valence-electron chi connectivity index (χ2n) is 1.57. The maximum atomic E-state index is 9.77. The zero-order valence-corrected chi connectivity index (χ0v) is 15.1. The minimum atomic E-state index is -2.27. The van der Waals surface area contributed by atoms with E-state index in [4.69, 9.17) is 20.4 Å². The largest absolute Gasteiger partial charge is 2.00 e. The summed E-state index contributed by atoms with van der Waals surface area (Å²) in [6.07, 6.45) is -4.53. The molecule has 12 heteroatoms. The molecule has 0 amide bonds. The number of rotatable bonds is 3. The van der Waals surface area contributed by atoms with Crippen LogP contribution in [0.25, 0.3) is 0 Å². The molecule has 0 spiro atoms. The molecule has 0 radical (unpaired) electrons. The van der Waals surface area contributed by atoms with Crippen molar-refractivity contribution in [3.63, 3.8) is 0 Å². The van der Waals surface area contributed by atoms with Crippen molar-refractivity contribution in [1.29, 1.82) is 0 Å². The maximum Gasteiger partial charge on any atom is 2.00 e. The number of carboxylic acid groups (broad SMARTS) is 2. The summed E-state index contributed by atoms with van der Waals surface area (Å²) in [5.74, 6) is -3.54. The summed E-state index contributed by atoms with van der Waals surface area (Å²) in [5.41, 5.74) is 0. The minimum Gasteiger partial charge on any atom is -1.00 e. The fourth-order valence-electron chi connectivity index (χ4n) is 0.270. The average molecular weight is 352 g/mol. The third-order valence-electron chi connectivity index (χ3n) is 0.805. The van der Waals surface area contributed by atoms with Crippen molar-refractivity contribution in [2.75, 3.05) is 0 Å². The van der Waals surface area contributed by atoms with Gasteiger partial charge in [-0.05, 0) is 0 Å². The molecule has 0 heterocycles. The average Bonchev–Trinajstić information content (AvgIpc) is 1.84. The number of hydrogen-bond acceptors (Lipinski definition) is 4. The van der Waals surface area contributed by atoms with Crippen LogP contribution >= 0.6 is 0 Å². The van der Waals surface area contributed by atoms with Crippen LogP contribution in [0, 0.1) is 0 Å². The predicted octanol–water partition coefficient (Wildman–Crippen LogP) is -8.46. The molecule has 0 aromatic carbocycles. The number of carbonyl (C=O) groups is 2. The summed E-state index contributed by atoms with van der Waals surface area (Å²) in [5, 5.41) is 32.5. The van der Waals surface area contributed by atoms with Gasteiger partial charge in [0.15, 0.2) is 12.2 Å². The third-order valence-corrected chi connectivity index (χ3v) is 0.805. The third kappa shape index (κ3) is 18.2. The Bertz CT molecular complexity index is 159. The molecule has 16 heavy (non-hydrogen) atoms. The van der Waals surface area contributed by atoms with Crippen LogP contribution in [0.5, 0.6) is 0 Å². The van der Waals surface area contributed by atoms with Crippen molar-refractivity contribution in [1.82, 2.24) is 0 Å². The second kappa shape index (κ2) is 22.0. The molecule has 96 valence electrons. The molecular formula is C4H17KO10Sr. The van der Waals surface area contributed by atoms with E-state index >= 15 is 0 Å². The van der Waals surface area contributed by atoms with Crippen LogP contribution in [0.4, 0.5) is 0 Å². The second-order valence-corrected chi connectivity index (χ2v) is 1.57. The SMILES string of the molecule is O.O.O.O.O=C(O)C(O)C(O)C(=O)O.[H-].[H-].[H-].[K+].[Sr+2]. The van der Waals surface area contributed by atoms with Gasteiger partial charge < -0.3 is 46.6 Å². The summed E-state index contributed by atoms with van der Waals surface area (Å²) in [4.78, 5) is 19.5. The van der Waals surface area contributed by atoms with Gasteiger partial charge in [-0.25, -0.2) is 9.59 Å². The first-order valence-electron chi connectivity index (χ1n) is 2.28. The van der Waals surface area contributed by atoms with Gasteiger partial charge >= 0.3 is 109 Å². The molecule has 0 saturated carbocycles. The van der Waals surface area contributed by atoms with Crippen LogP contribution in [0.2, 0.25) is 0 Å². The van der Waals surface area contributed by atoms with Crippen molar-refractivity contribution >= 4 is 57.4 Å². The van der Waals surface area contributed by atoms with E-state index in [1.807, 2.05) is 0 Å². The van der Waals surface area contributed by atoms with Crippen LogP contribution in [0.3, 0.4) is 0 Å². The van der Waals surface area contributed by atoms with Crippen LogP contribution < -0.4 is 51.4 Å². The van der Waals surface area contributed by atoms with Gasteiger partial charge in [0, 0.05) is 0 Å². The normalized spacial score (nSPS) is 9.88. The zero-order chi connectivity index (χ0) is 8.31. The number of hydrogen-bond donors (Lipinski definition) is 4. The predicted molar refractivity (Wildman–Crippen MR) is 50.8 cm³/mol. The Morgan fingerprint density at radius 1 is 0.812 bits per heavy atom. The van der Waals surface area contributed by atoms with Gasteiger partial charge in [-0.15, -0.1) is 0 Å². The Morgan fingerprint density at radius 2 is 0.938 bits per heavy atom. The summed E-state index contributed by atoms with van der Waals surface area (Å²) < 4.78 is 0. The Kier molecular flexibility index (Phi) is 59.3. The first-order valence-corrected chi connectivity index (χ1v) is 2.28. The molecule has 0 saturated heterocycles. The molecule has 12 N–H and O–H groups in total. The van der Waals surface area contributed by atoms with Gasteiger partial charge in [0.1, 0.15) is 0 Å². The van der Waals surface area contributed by atoms with Crippen LogP contribution in [0.1, 0.15) is 4.28 Å². The van der Waals surface area contributed by atoms with Crippen molar-refractivity contribution in [2.24, 2.45) is 0 Å². The van der Waals surface area contributed by atoms with E-state index in [2.05, 4.69) is 0 Å². The molecule has 0 fully saturated rings. The fourth-order valence-corrected chi connectivity index (χ4v) is 0.270. The van der Waals surface area contributed by atoms with E-state index in [9.17, 15) is 9.59 Å². The van der Waals surface area contributed by atoms with Crippen molar-refractivity contribution < 1.29 is 108 Å². The molecule has 0 rings (SSSR count). The first-order chi connectivity index (χ1) is 4.46. The van der Waals surface area contributed by atoms with E-state index < -0.39 is 24.1 Å². The molecule has 0 aliphatic rings. The fraction of sp³-hybridized carbons (Fsp3) is 0.500. The summed E-state index contributed by atoms with van der Waals surface area (Å²) in [6.45, 7) is 0. The van der Waals surface area contributed by atoms with Crippen LogP contribution in [-0.4, -0.2) is 112 Å². The minimum absolute atomic E-state index is 0. The topological polar surface area (TPSA) is 241 Å². The molecule has 0 aromatic rings. The zero-order valence-electron chi connectivity index (χ0n) is 11.5. The molecule has 0 aliphatic heterocycles. The van der Waals surface area contributed by atoms with Gasteiger partial charge in [-0.1, -0.05) is 0 Å². The van der Waals surface area contributed by atoms with Crippen LogP contribution in [-0.2, 0) is 9.59 Å². The van der Waals surface area contributed by atoms with Crippen molar-refractivity contribution in [2.45, 2.75) is 12.2 Å². The number of aliphatic hydroxyl groups excluding tert-OH is 2. The van der Waals surface area contributed by atoms with Gasteiger partial charge in [-0.2, -0.15) is 0 Å². The molecule has 0 aliphatic carbocycles. The van der Waals surface area contributed by atoms with Gasteiger partial charge in [0.2, 0.25) is 0 Å². The Hall–Kier alpha value is 1.82. The summed E-state index contributed by atoms with van der Waals surface area (Å²) in [7, 11) is 0. The molecule has 2 unspecified atom stereocenters. The number of carboxylic acids is 2. The Labute approximate surface area is 174 Å². The number of aliphatic carboxylic acids is 2. The van der Waals surface area contributed by atoms with E-state index in [0.717, 1.165) is 0 Å². The van der Waals surface area contributed by atoms with E-state index in [-0.39, 0.29) is 123 Å². The van der Waals surface area contributed by atoms with Crippen molar-refractivity contribution in [3.8, 4) is 0 Å². The Balaban J connectivity index is -0.0000000112. The molecule has 0 aromatic heterocycles. The summed E-state index contributed by atoms with van der Waals surface area (Å²) >= 11 is 0. The van der Waals surface area contributed by atoms with Gasteiger partial charge in [0.25, 0.3) is 0 Å². The molecule has 2 atom stereocenters. The standard InChI is InChI=1S/C4H6O6.K.4H2O.Sr.3H/c5-1(3(7)8)2(6)4(9)10;;;;;;;;;/h1-2,5-6H,(H,7,8)(H,9,10);;4*1H2;;;;/q;+1;;;;;+2;3*-1. The van der Waals surface area contributed by atoms with Crippen LogP contribution in [0.15, 0.2) is 0 Å². The molecule has 0 bridgehead atoms. The smallest absolute Gasteiger partial charge is 1.00 e. The monoisotopic (exact) mass is 352 g/mol. The first kappa shape index (κ1) is 43.1. The molecule has 10 nitrogen and oxygen atoms in total. The van der Waals surface area contributed by atoms with E-state index in [1.54, 1.807) is 0 Å². The van der Waals surface area contributed by atoms with E-state index in [0.29, 0.717) is 0 Å². The maximum absolute atomic E-state index is 9.77. The Morgan fingerprint density at radius 3 is 1.00 bits per heavy atom. The van der Waals surface area contributed by atoms with Gasteiger partial charge in [0.05, 0.1) is 0 Å². The summed E-state index contributed by atoms with van der Waals surface area (Å²) in [6, 6.07) is 0.